The number of halogens is 1. The van der Waals surface area contributed by atoms with Gasteiger partial charge in [0, 0.05) is 56.4 Å². The molecule has 0 bridgehead atoms. The van der Waals surface area contributed by atoms with Gasteiger partial charge in [-0.25, -0.2) is 0 Å². The summed E-state index contributed by atoms with van der Waals surface area (Å²) in [5.74, 6) is 0.622. The summed E-state index contributed by atoms with van der Waals surface area (Å²) in [6.45, 7) is 7.23. The summed E-state index contributed by atoms with van der Waals surface area (Å²) in [5, 5.41) is 12.1. The molecule has 1 aliphatic carbocycles. The van der Waals surface area contributed by atoms with Gasteiger partial charge < -0.3 is 14.4 Å². The Morgan fingerprint density at radius 3 is 2.47 bits per heavy atom. The molecule has 7 nitrogen and oxygen atoms in total. The molecule has 4 rings (SSSR count). The molecular weight excluding hydrogens is 404 g/mol. The lowest BCUT2D eigenvalue weighted by atomic mass is 9.89. The third-order valence-electron chi connectivity index (χ3n) is 6.59. The molecule has 0 N–H and O–H groups in total. The van der Waals surface area contributed by atoms with Crippen molar-refractivity contribution in [2.24, 2.45) is 5.92 Å². The van der Waals surface area contributed by atoms with Gasteiger partial charge in [0.15, 0.2) is 0 Å². The number of fused-ring (bicyclic) bond motifs is 1. The fourth-order valence-corrected chi connectivity index (χ4v) is 4.80. The van der Waals surface area contributed by atoms with Crippen LogP contribution in [0.5, 0.6) is 0 Å². The number of hydrogen-bond donors (Lipinski definition) is 0. The standard InChI is InChI=1S/C22H30N4O3.ClH/c1-2-23-10-12-24(13-11-23)22(27)20-16-25(15-17-6-4-3-5-7-17)21-14-18(26(28)29)8-9-19(20)21;/h8-9,14,16-17H,2-7,10-13,15H2,1H3;1H. The number of nitro benzene ring substituents is 1. The first-order valence-electron chi connectivity index (χ1n) is 10.9. The van der Waals surface area contributed by atoms with Crippen LogP contribution in [-0.2, 0) is 6.54 Å². The van der Waals surface area contributed by atoms with Crippen LogP contribution in [0.4, 0.5) is 5.69 Å². The second-order valence-electron chi connectivity index (χ2n) is 8.38. The van der Waals surface area contributed by atoms with Gasteiger partial charge >= 0.3 is 0 Å². The van der Waals surface area contributed by atoms with Gasteiger partial charge in [-0.2, -0.15) is 0 Å². The lowest BCUT2D eigenvalue weighted by Crippen LogP contribution is -2.48. The quantitative estimate of drug-likeness (QED) is 0.518. The summed E-state index contributed by atoms with van der Waals surface area (Å²) in [6.07, 6.45) is 8.11. The van der Waals surface area contributed by atoms with E-state index < -0.39 is 0 Å². The van der Waals surface area contributed by atoms with Crippen LogP contribution in [-0.4, -0.2) is 57.9 Å². The topological polar surface area (TPSA) is 71.6 Å². The number of carbonyl (C=O) groups is 1. The summed E-state index contributed by atoms with van der Waals surface area (Å²) in [7, 11) is 0. The number of benzene rings is 1. The van der Waals surface area contributed by atoms with Crippen molar-refractivity contribution in [1.82, 2.24) is 14.4 Å². The molecule has 1 amide bonds. The number of amides is 1. The Hall–Kier alpha value is -2.12. The van der Waals surface area contributed by atoms with Crippen molar-refractivity contribution in [2.75, 3.05) is 32.7 Å². The molecule has 30 heavy (non-hydrogen) atoms. The number of non-ortho nitro benzene ring substituents is 1. The Balaban J connectivity index is 0.00000256. The highest BCUT2D eigenvalue weighted by Gasteiger charge is 2.26. The van der Waals surface area contributed by atoms with E-state index in [1.54, 1.807) is 12.1 Å². The fraction of sp³-hybridized carbons (Fsp3) is 0.591. The predicted octanol–water partition coefficient (Wildman–Crippen LogP) is 4.33. The molecule has 0 radical (unpaired) electrons. The van der Waals surface area contributed by atoms with Crippen molar-refractivity contribution in [3.8, 4) is 0 Å². The van der Waals surface area contributed by atoms with E-state index in [2.05, 4.69) is 16.4 Å². The predicted molar refractivity (Wildman–Crippen MR) is 120 cm³/mol. The van der Waals surface area contributed by atoms with E-state index in [9.17, 15) is 14.9 Å². The van der Waals surface area contributed by atoms with E-state index in [1.807, 2.05) is 11.1 Å². The first kappa shape index (κ1) is 22.6. The normalized spacial score (nSPS) is 18.4. The molecule has 2 aromatic rings. The van der Waals surface area contributed by atoms with Crippen molar-refractivity contribution in [3.05, 3.63) is 40.1 Å². The third-order valence-corrected chi connectivity index (χ3v) is 6.59. The Kier molecular flexibility index (Phi) is 7.36. The average molecular weight is 435 g/mol. The van der Waals surface area contributed by atoms with Gasteiger partial charge in [-0.3, -0.25) is 14.9 Å². The minimum Gasteiger partial charge on any atom is -0.346 e. The fourth-order valence-electron chi connectivity index (χ4n) is 4.80. The number of carbonyl (C=O) groups excluding carboxylic acids is 1. The van der Waals surface area contributed by atoms with Crippen LogP contribution in [0.15, 0.2) is 24.4 Å². The zero-order chi connectivity index (χ0) is 20.4. The van der Waals surface area contributed by atoms with Crippen molar-refractivity contribution in [1.29, 1.82) is 0 Å². The van der Waals surface area contributed by atoms with Crippen LogP contribution in [0.25, 0.3) is 10.9 Å². The molecule has 0 unspecified atom stereocenters. The monoisotopic (exact) mass is 434 g/mol. The van der Waals surface area contributed by atoms with Crippen molar-refractivity contribution < 1.29 is 9.72 Å². The summed E-state index contributed by atoms with van der Waals surface area (Å²) >= 11 is 0. The first-order valence-corrected chi connectivity index (χ1v) is 10.9. The van der Waals surface area contributed by atoms with Gasteiger partial charge in [-0.05, 0) is 31.4 Å². The molecule has 2 heterocycles. The Morgan fingerprint density at radius 1 is 1.13 bits per heavy atom. The lowest BCUT2D eigenvalue weighted by molar-refractivity contribution is -0.384. The minimum atomic E-state index is -0.358. The van der Waals surface area contributed by atoms with E-state index in [1.165, 1.54) is 38.2 Å². The van der Waals surface area contributed by atoms with Crippen molar-refractivity contribution >= 4 is 34.9 Å². The van der Waals surface area contributed by atoms with Gasteiger partial charge in [0.05, 0.1) is 16.0 Å². The molecule has 1 aliphatic heterocycles. The first-order chi connectivity index (χ1) is 14.1. The smallest absolute Gasteiger partial charge is 0.271 e. The van der Waals surface area contributed by atoms with E-state index in [4.69, 9.17) is 0 Å². The number of piperazine rings is 1. The molecule has 1 aromatic carbocycles. The van der Waals surface area contributed by atoms with Crippen molar-refractivity contribution in [3.63, 3.8) is 0 Å². The van der Waals surface area contributed by atoms with Gasteiger partial charge in [0.1, 0.15) is 0 Å². The van der Waals surface area contributed by atoms with Gasteiger partial charge in [-0.15, -0.1) is 12.4 Å². The van der Waals surface area contributed by atoms with Crippen LogP contribution in [0, 0.1) is 16.0 Å². The molecule has 164 valence electrons. The molecular formula is C22H31ClN4O3. The molecule has 1 saturated heterocycles. The summed E-state index contributed by atoms with van der Waals surface area (Å²) in [5.41, 5.74) is 1.56. The molecule has 8 heteroatoms. The van der Waals surface area contributed by atoms with Crippen molar-refractivity contribution in [2.45, 2.75) is 45.6 Å². The largest absolute Gasteiger partial charge is 0.346 e. The van der Waals surface area contributed by atoms with Gasteiger partial charge in [-0.1, -0.05) is 26.2 Å². The van der Waals surface area contributed by atoms with Gasteiger partial charge in [0.25, 0.3) is 11.6 Å². The van der Waals surface area contributed by atoms with Crippen LogP contribution in [0.3, 0.4) is 0 Å². The maximum absolute atomic E-state index is 13.3. The highest BCUT2D eigenvalue weighted by molar-refractivity contribution is 6.07. The summed E-state index contributed by atoms with van der Waals surface area (Å²) in [4.78, 5) is 28.5. The van der Waals surface area contributed by atoms with Crippen LogP contribution in [0.1, 0.15) is 49.4 Å². The number of rotatable bonds is 5. The number of likely N-dealkylation sites (N-methyl/N-ethyl adjacent to an activating group) is 1. The maximum atomic E-state index is 13.3. The van der Waals surface area contributed by atoms with E-state index >= 15 is 0 Å². The SMILES string of the molecule is CCN1CCN(C(=O)c2cn(CC3CCCCC3)c3cc([N+](=O)[O-])ccc23)CC1.Cl. The summed E-state index contributed by atoms with van der Waals surface area (Å²) < 4.78 is 2.09. The Morgan fingerprint density at radius 2 is 1.83 bits per heavy atom. The van der Waals surface area contributed by atoms with Crippen LogP contribution < -0.4 is 0 Å². The summed E-state index contributed by atoms with van der Waals surface area (Å²) in [6, 6.07) is 4.89. The number of nitrogens with zero attached hydrogens (tertiary/aromatic N) is 4. The zero-order valence-electron chi connectivity index (χ0n) is 17.6. The van der Waals surface area contributed by atoms with Crippen LogP contribution >= 0.6 is 12.4 Å². The Bertz CT molecular complexity index is 899. The van der Waals surface area contributed by atoms with E-state index in [-0.39, 0.29) is 28.9 Å². The van der Waals surface area contributed by atoms with E-state index in [0.29, 0.717) is 11.5 Å². The van der Waals surface area contributed by atoms with E-state index in [0.717, 1.165) is 50.2 Å². The maximum Gasteiger partial charge on any atom is 0.271 e. The lowest BCUT2D eigenvalue weighted by Gasteiger charge is -2.34. The molecule has 1 saturated carbocycles. The second kappa shape index (κ2) is 9.79. The highest BCUT2D eigenvalue weighted by Crippen LogP contribution is 2.31. The van der Waals surface area contributed by atoms with Gasteiger partial charge in [0.2, 0.25) is 0 Å². The average Bonchev–Trinajstić information content (AvgIpc) is 3.11. The zero-order valence-corrected chi connectivity index (χ0v) is 18.4. The minimum absolute atomic E-state index is 0. The third kappa shape index (κ3) is 4.62. The molecule has 1 aromatic heterocycles. The highest BCUT2D eigenvalue weighted by atomic mass is 35.5. The molecule has 0 atom stereocenters. The molecule has 0 spiro atoms. The molecule has 2 fully saturated rings. The Labute approximate surface area is 183 Å². The van der Waals surface area contributed by atoms with Crippen LogP contribution in [0.2, 0.25) is 0 Å². The number of nitro groups is 1. The molecule has 2 aliphatic rings. The second-order valence-corrected chi connectivity index (χ2v) is 8.38. The number of aromatic nitrogens is 1. The number of hydrogen-bond acceptors (Lipinski definition) is 4.